The number of rotatable bonds is 4. The largest absolute Gasteiger partial charge is 0.480 e. The summed E-state index contributed by atoms with van der Waals surface area (Å²) < 4.78 is 5.35. The number of aliphatic hydroxyl groups is 1. The van der Waals surface area contributed by atoms with E-state index in [1.807, 2.05) is 6.92 Å². The Bertz CT molecular complexity index is 323. The third-order valence-corrected chi connectivity index (χ3v) is 3.22. The van der Waals surface area contributed by atoms with Gasteiger partial charge in [0.05, 0.1) is 18.8 Å². The third-order valence-electron chi connectivity index (χ3n) is 3.22. The first kappa shape index (κ1) is 14.7. The van der Waals surface area contributed by atoms with Crippen LogP contribution in [0.5, 0.6) is 0 Å². The van der Waals surface area contributed by atoms with Crippen molar-refractivity contribution < 1.29 is 24.5 Å². The molecule has 3 N–H and O–H groups in total. The van der Waals surface area contributed by atoms with E-state index in [9.17, 15) is 9.59 Å². The Morgan fingerprint density at radius 2 is 2.22 bits per heavy atom. The second-order valence-corrected chi connectivity index (χ2v) is 4.70. The van der Waals surface area contributed by atoms with E-state index in [-0.39, 0.29) is 0 Å². The zero-order valence-electron chi connectivity index (χ0n) is 10.7. The van der Waals surface area contributed by atoms with E-state index < -0.39 is 30.3 Å². The lowest BCUT2D eigenvalue weighted by Crippen LogP contribution is -2.55. The molecule has 1 aliphatic heterocycles. The fourth-order valence-corrected chi connectivity index (χ4v) is 1.97. The number of hydrogen-bond donors (Lipinski definition) is 3. The molecule has 2 atom stereocenters. The Kier molecular flexibility index (Phi) is 4.92. The molecule has 1 fully saturated rings. The van der Waals surface area contributed by atoms with E-state index in [0.29, 0.717) is 13.1 Å². The van der Waals surface area contributed by atoms with Crippen LogP contribution < -0.4 is 5.32 Å². The van der Waals surface area contributed by atoms with Crippen molar-refractivity contribution in [1.29, 1.82) is 0 Å². The molecule has 18 heavy (non-hydrogen) atoms. The normalized spacial score (nSPS) is 25.6. The van der Waals surface area contributed by atoms with Crippen molar-refractivity contribution in [3.05, 3.63) is 0 Å². The molecule has 104 valence electrons. The van der Waals surface area contributed by atoms with Crippen LogP contribution in [0.4, 0.5) is 4.79 Å². The Balaban J connectivity index is 2.59. The highest BCUT2D eigenvalue weighted by atomic mass is 16.5. The van der Waals surface area contributed by atoms with Crippen molar-refractivity contribution in [3.63, 3.8) is 0 Å². The van der Waals surface area contributed by atoms with Crippen LogP contribution in [0.25, 0.3) is 0 Å². The molecular formula is C11H20N2O5. The molecule has 0 bridgehead atoms. The number of aliphatic carboxylic acids is 1. The Morgan fingerprint density at radius 1 is 1.56 bits per heavy atom. The highest BCUT2D eigenvalue weighted by Gasteiger charge is 2.34. The Hall–Kier alpha value is -1.34. The summed E-state index contributed by atoms with van der Waals surface area (Å²) in [7, 11) is 1.59. The SMILES string of the molecule is COC1(C)CCCN(C(=O)N[C@@H](CO)C(=O)O)C1. The van der Waals surface area contributed by atoms with Crippen molar-refractivity contribution in [2.75, 3.05) is 26.8 Å². The minimum atomic E-state index is -1.27. The summed E-state index contributed by atoms with van der Waals surface area (Å²) in [5.41, 5.74) is -0.395. The van der Waals surface area contributed by atoms with E-state index in [2.05, 4.69) is 5.32 Å². The minimum absolute atomic E-state index is 0.395. The molecule has 0 saturated carbocycles. The quantitative estimate of drug-likeness (QED) is 0.641. The second kappa shape index (κ2) is 6.01. The molecule has 0 radical (unpaired) electrons. The van der Waals surface area contributed by atoms with Gasteiger partial charge in [0, 0.05) is 13.7 Å². The molecule has 7 heteroatoms. The van der Waals surface area contributed by atoms with Gasteiger partial charge in [0.2, 0.25) is 0 Å². The van der Waals surface area contributed by atoms with Gasteiger partial charge in [-0.15, -0.1) is 0 Å². The van der Waals surface area contributed by atoms with Crippen LogP contribution in [0.2, 0.25) is 0 Å². The predicted octanol–water partition coefficient (Wildman–Crippen LogP) is -0.358. The maximum atomic E-state index is 11.9. The lowest BCUT2D eigenvalue weighted by atomic mass is 9.95. The monoisotopic (exact) mass is 260 g/mol. The third kappa shape index (κ3) is 3.58. The highest BCUT2D eigenvalue weighted by molar-refractivity contribution is 5.82. The molecule has 0 aliphatic carbocycles. The summed E-state index contributed by atoms with van der Waals surface area (Å²) in [6, 6.07) is -1.76. The standard InChI is InChI=1S/C11H20N2O5/c1-11(18-2)4-3-5-13(7-11)10(17)12-8(6-14)9(15)16/h8,14H,3-7H2,1-2H3,(H,12,17)(H,15,16)/t8-,11?/m0/s1. The fourth-order valence-electron chi connectivity index (χ4n) is 1.97. The first-order valence-electron chi connectivity index (χ1n) is 5.86. The van der Waals surface area contributed by atoms with E-state index >= 15 is 0 Å². The number of aliphatic hydroxyl groups excluding tert-OH is 1. The molecule has 1 unspecified atom stereocenters. The summed E-state index contributed by atoms with van der Waals surface area (Å²) >= 11 is 0. The molecule has 0 aromatic carbocycles. The van der Waals surface area contributed by atoms with Crippen molar-refractivity contribution in [1.82, 2.24) is 10.2 Å². The number of carbonyl (C=O) groups is 2. The molecule has 1 saturated heterocycles. The number of methoxy groups -OCH3 is 1. The molecular weight excluding hydrogens is 240 g/mol. The molecule has 0 spiro atoms. The van der Waals surface area contributed by atoms with Gasteiger partial charge in [-0.1, -0.05) is 0 Å². The van der Waals surface area contributed by atoms with Crippen molar-refractivity contribution in [2.45, 2.75) is 31.4 Å². The Labute approximate surface area is 106 Å². The number of carboxylic acid groups (broad SMARTS) is 1. The first-order valence-corrected chi connectivity index (χ1v) is 5.86. The lowest BCUT2D eigenvalue weighted by Gasteiger charge is -2.39. The van der Waals surface area contributed by atoms with Crippen LogP contribution in [0.15, 0.2) is 0 Å². The summed E-state index contributed by atoms with van der Waals surface area (Å²) in [6.45, 7) is 2.25. The van der Waals surface area contributed by atoms with Crippen LogP contribution in [-0.2, 0) is 9.53 Å². The number of nitrogens with one attached hydrogen (secondary N) is 1. The number of hydrogen-bond acceptors (Lipinski definition) is 4. The first-order chi connectivity index (χ1) is 8.41. The summed E-state index contributed by atoms with van der Waals surface area (Å²) in [5.74, 6) is -1.25. The number of urea groups is 1. The van der Waals surface area contributed by atoms with Gasteiger partial charge in [0.15, 0.2) is 6.04 Å². The Morgan fingerprint density at radius 3 is 2.72 bits per heavy atom. The van der Waals surface area contributed by atoms with Gasteiger partial charge in [-0.3, -0.25) is 0 Å². The second-order valence-electron chi connectivity index (χ2n) is 4.70. The van der Waals surface area contributed by atoms with Gasteiger partial charge in [0.1, 0.15) is 0 Å². The number of carboxylic acids is 1. The average Bonchev–Trinajstić information content (AvgIpc) is 2.35. The zero-order valence-corrected chi connectivity index (χ0v) is 10.7. The summed E-state index contributed by atoms with van der Waals surface area (Å²) in [6.07, 6.45) is 1.66. The number of amides is 2. The number of piperidine rings is 1. The highest BCUT2D eigenvalue weighted by Crippen LogP contribution is 2.23. The number of ether oxygens (including phenoxy) is 1. The van der Waals surface area contributed by atoms with Gasteiger partial charge in [0.25, 0.3) is 0 Å². The molecule has 7 nitrogen and oxygen atoms in total. The van der Waals surface area contributed by atoms with Crippen LogP contribution in [-0.4, -0.2) is 65.6 Å². The van der Waals surface area contributed by atoms with Gasteiger partial charge in [-0.2, -0.15) is 0 Å². The van der Waals surface area contributed by atoms with Crippen molar-refractivity contribution >= 4 is 12.0 Å². The molecule has 2 amide bonds. The number of carbonyl (C=O) groups excluding carboxylic acids is 1. The summed E-state index contributed by atoms with van der Waals surface area (Å²) in [5, 5.41) is 19.9. The molecule has 0 aromatic rings. The number of nitrogens with zero attached hydrogens (tertiary/aromatic N) is 1. The maximum Gasteiger partial charge on any atom is 0.328 e. The summed E-state index contributed by atoms with van der Waals surface area (Å²) in [4.78, 5) is 24.1. The van der Waals surface area contributed by atoms with E-state index in [1.165, 1.54) is 4.90 Å². The lowest BCUT2D eigenvalue weighted by molar-refractivity contribution is -0.140. The molecule has 1 rings (SSSR count). The molecule has 1 heterocycles. The van der Waals surface area contributed by atoms with Crippen molar-refractivity contribution in [2.24, 2.45) is 0 Å². The van der Waals surface area contributed by atoms with Gasteiger partial charge in [-0.05, 0) is 19.8 Å². The van der Waals surface area contributed by atoms with Gasteiger partial charge >= 0.3 is 12.0 Å². The minimum Gasteiger partial charge on any atom is -0.480 e. The van der Waals surface area contributed by atoms with Gasteiger partial charge in [-0.25, -0.2) is 9.59 Å². The zero-order chi connectivity index (χ0) is 13.8. The topological polar surface area (TPSA) is 99.1 Å². The molecule has 0 aromatic heterocycles. The van der Waals surface area contributed by atoms with Crippen molar-refractivity contribution in [3.8, 4) is 0 Å². The van der Waals surface area contributed by atoms with Crippen LogP contribution in [0.1, 0.15) is 19.8 Å². The molecule has 1 aliphatic rings. The average molecular weight is 260 g/mol. The fraction of sp³-hybridized carbons (Fsp3) is 0.818. The van der Waals surface area contributed by atoms with Gasteiger partial charge < -0.3 is 25.2 Å². The number of likely N-dealkylation sites (tertiary alicyclic amines) is 1. The van der Waals surface area contributed by atoms with E-state index in [4.69, 9.17) is 14.9 Å². The van der Waals surface area contributed by atoms with Crippen LogP contribution >= 0.6 is 0 Å². The predicted molar refractivity (Wildman–Crippen MR) is 63.3 cm³/mol. The smallest absolute Gasteiger partial charge is 0.328 e. The maximum absolute atomic E-state index is 11.9. The van der Waals surface area contributed by atoms with E-state index in [0.717, 1.165) is 12.8 Å². The van der Waals surface area contributed by atoms with Crippen LogP contribution in [0.3, 0.4) is 0 Å². The van der Waals surface area contributed by atoms with E-state index in [1.54, 1.807) is 7.11 Å². The van der Waals surface area contributed by atoms with Crippen LogP contribution in [0, 0.1) is 0 Å².